The summed E-state index contributed by atoms with van der Waals surface area (Å²) in [7, 11) is 0. The molecule has 0 saturated carbocycles. The van der Waals surface area contributed by atoms with Crippen LogP contribution < -0.4 is 5.32 Å². The third-order valence-electron chi connectivity index (χ3n) is 3.60. The number of hydrogen-bond donors (Lipinski definition) is 1. The zero-order valence-corrected chi connectivity index (χ0v) is 11.5. The lowest BCUT2D eigenvalue weighted by Crippen LogP contribution is -2.36. The summed E-state index contributed by atoms with van der Waals surface area (Å²) in [5.74, 6) is 2.37. The van der Waals surface area contributed by atoms with E-state index in [9.17, 15) is 0 Å². The molecule has 0 unspecified atom stereocenters. The van der Waals surface area contributed by atoms with Crippen molar-refractivity contribution in [1.29, 1.82) is 0 Å². The summed E-state index contributed by atoms with van der Waals surface area (Å²) in [6, 6.07) is 0. The maximum absolute atomic E-state index is 5.15. The second kappa shape index (κ2) is 6.85. The molecule has 1 N–H and O–H groups in total. The molecule has 0 radical (unpaired) electrons. The van der Waals surface area contributed by atoms with Gasteiger partial charge in [-0.25, -0.2) is 0 Å². The average Bonchev–Trinajstić information content (AvgIpc) is 2.87. The maximum Gasteiger partial charge on any atom is 0.226 e. The van der Waals surface area contributed by atoms with Crippen molar-refractivity contribution in [2.75, 3.05) is 26.2 Å². The number of piperidine rings is 1. The third kappa shape index (κ3) is 3.78. The van der Waals surface area contributed by atoms with E-state index >= 15 is 0 Å². The molecular weight excluding hydrogens is 228 g/mol. The Kier molecular flexibility index (Phi) is 5.13. The van der Waals surface area contributed by atoms with Gasteiger partial charge < -0.3 is 9.84 Å². The largest absolute Gasteiger partial charge is 0.339 e. The SMILES string of the molecule is CCc1nc(CN(CC)CC2CCNCC2)no1. The fourth-order valence-electron chi connectivity index (χ4n) is 2.43. The van der Waals surface area contributed by atoms with Gasteiger partial charge in [0.2, 0.25) is 5.89 Å². The summed E-state index contributed by atoms with van der Waals surface area (Å²) in [6.45, 7) is 9.54. The summed E-state index contributed by atoms with van der Waals surface area (Å²) in [4.78, 5) is 6.79. The van der Waals surface area contributed by atoms with Gasteiger partial charge in [0.1, 0.15) is 0 Å². The zero-order valence-electron chi connectivity index (χ0n) is 11.5. The normalized spacial score (nSPS) is 17.5. The molecule has 1 aromatic rings. The van der Waals surface area contributed by atoms with Gasteiger partial charge in [-0.1, -0.05) is 19.0 Å². The van der Waals surface area contributed by atoms with Gasteiger partial charge in [0.25, 0.3) is 0 Å². The monoisotopic (exact) mass is 252 g/mol. The lowest BCUT2D eigenvalue weighted by Gasteiger charge is -2.28. The van der Waals surface area contributed by atoms with Crippen LogP contribution in [0.25, 0.3) is 0 Å². The van der Waals surface area contributed by atoms with Gasteiger partial charge in [-0.3, -0.25) is 4.90 Å². The molecule has 0 bridgehead atoms. The van der Waals surface area contributed by atoms with E-state index in [-0.39, 0.29) is 0 Å². The van der Waals surface area contributed by atoms with Gasteiger partial charge in [0, 0.05) is 13.0 Å². The standard InChI is InChI=1S/C13H24N4O/c1-3-13-15-12(16-18-13)10-17(4-2)9-11-5-7-14-8-6-11/h11,14H,3-10H2,1-2H3. The molecule has 1 saturated heterocycles. The van der Waals surface area contributed by atoms with Gasteiger partial charge in [-0.15, -0.1) is 0 Å². The van der Waals surface area contributed by atoms with E-state index in [1.54, 1.807) is 0 Å². The number of rotatable bonds is 6. The topological polar surface area (TPSA) is 54.2 Å². The lowest BCUT2D eigenvalue weighted by atomic mass is 9.97. The molecule has 0 spiro atoms. The molecular formula is C13H24N4O. The molecule has 5 heteroatoms. The second-order valence-electron chi connectivity index (χ2n) is 4.98. The Morgan fingerprint density at radius 3 is 2.72 bits per heavy atom. The van der Waals surface area contributed by atoms with E-state index in [0.29, 0.717) is 0 Å². The Hall–Kier alpha value is -0.940. The van der Waals surface area contributed by atoms with Crippen LogP contribution >= 0.6 is 0 Å². The molecule has 0 aliphatic carbocycles. The zero-order chi connectivity index (χ0) is 12.8. The first-order valence-electron chi connectivity index (χ1n) is 7.06. The molecule has 0 aromatic carbocycles. The van der Waals surface area contributed by atoms with Crippen molar-refractivity contribution >= 4 is 0 Å². The maximum atomic E-state index is 5.15. The summed E-state index contributed by atoms with van der Waals surface area (Å²) >= 11 is 0. The van der Waals surface area contributed by atoms with Crippen molar-refractivity contribution in [2.45, 2.75) is 39.7 Å². The Balaban J connectivity index is 1.84. The Bertz CT molecular complexity index is 347. The first kappa shape index (κ1) is 13.5. The molecule has 0 amide bonds. The van der Waals surface area contributed by atoms with Gasteiger partial charge in [0.05, 0.1) is 6.54 Å². The van der Waals surface area contributed by atoms with Crippen molar-refractivity contribution in [2.24, 2.45) is 5.92 Å². The Labute approximate surface area is 109 Å². The van der Waals surface area contributed by atoms with Crippen LogP contribution in [-0.2, 0) is 13.0 Å². The van der Waals surface area contributed by atoms with Crippen molar-refractivity contribution in [3.05, 3.63) is 11.7 Å². The van der Waals surface area contributed by atoms with Crippen LogP contribution in [0.2, 0.25) is 0 Å². The molecule has 2 rings (SSSR count). The van der Waals surface area contributed by atoms with Gasteiger partial charge in [0.15, 0.2) is 5.82 Å². The molecule has 1 aliphatic rings. The van der Waals surface area contributed by atoms with Crippen molar-refractivity contribution in [1.82, 2.24) is 20.4 Å². The Morgan fingerprint density at radius 2 is 2.11 bits per heavy atom. The molecule has 102 valence electrons. The lowest BCUT2D eigenvalue weighted by molar-refractivity contribution is 0.201. The van der Waals surface area contributed by atoms with Crippen LogP contribution in [0.1, 0.15) is 38.4 Å². The predicted octanol–water partition coefficient (Wildman–Crippen LogP) is 1.45. The highest BCUT2D eigenvalue weighted by Gasteiger charge is 2.17. The number of aromatic nitrogens is 2. The Morgan fingerprint density at radius 1 is 1.33 bits per heavy atom. The molecule has 1 aromatic heterocycles. The van der Waals surface area contributed by atoms with Crippen LogP contribution in [0.5, 0.6) is 0 Å². The minimum Gasteiger partial charge on any atom is -0.339 e. The third-order valence-corrected chi connectivity index (χ3v) is 3.60. The van der Waals surface area contributed by atoms with Crippen LogP contribution in [0, 0.1) is 5.92 Å². The summed E-state index contributed by atoms with van der Waals surface area (Å²) in [6.07, 6.45) is 3.37. The van der Waals surface area contributed by atoms with E-state index < -0.39 is 0 Å². The minimum absolute atomic E-state index is 0.739. The number of nitrogens with zero attached hydrogens (tertiary/aromatic N) is 3. The summed E-state index contributed by atoms with van der Waals surface area (Å²) in [5.41, 5.74) is 0. The molecule has 1 aliphatic heterocycles. The number of aryl methyl sites for hydroxylation is 1. The van der Waals surface area contributed by atoms with E-state index in [1.165, 1.54) is 12.8 Å². The van der Waals surface area contributed by atoms with E-state index in [0.717, 1.165) is 56.8 Å². The number of hydrogen-bond acceptors (Lipinski definition) is 5. The van der Waals surface area contributed by atoms with E-state index in [4.69, 9.17) is 4.52 Å². The van der Waals surface area contributed by atoms with Crippen LogP contribution in [0.4, 0.5) is 0 Å². The van der Waals surface area contributed by atoms with Gasteiger partial charge in [-0.2, -0.15) is 4.98 Å². The van der Waals surface area contributed by atoms with Crippen molar-refractivity contribution in [3.8, 4) is 0 Å². The van der Waals surface area contributed by atoms with Crippen LogP contribution in [0.15, 0.2) is 4.52 Å². The molecule has 5 nitrogen and oxygen atoms in total. The van der Waals surface area contributed by atoms with Crippen LogP contribution in [0.3, 0.4) is 0 Å². The predicted molar refractivity (Wildman–Crippen MR) is 70.2 cm³/mol. The van der Waals surface area contributed by atoms with Gasteiger partial charge >= 0.3 is 0 Å². The smallest absolute Gasteiger partial charge is 0.226 e. The highest BCUT2D eigenvalue weighted by molar-refractivity contribution is 4.86. The van der Waals surface area contributed by atoms with Crippen LogP contribution in [-0.4, -0.2) is 41.2 Å². The minimum atomic E-state index is 0.739. The van der Waals surface area contributed by atoms with E-state index in [2.05, 4.69) is 27.3 Å². The van der Waals surface area contributed by atoms with Crippen molar-refractivity contribution in [3.63, 3.8) is 0 Å². The summed E-state index contributed by atoms with van der Waals surface area (Å²) < 4.78 is 5.15. The van der Waals surface area contributed by atoms with Crippen molar-refractivity contribution < 1.29 is 4.52 Å². The highest BCUT2D eigenvalue weighted by Crippen LogP contribution is 2.14. The average molecular weight is 252 g/mol. The second-order valence-corrected chi connectivity index (χ2v) is 4.98. The molecule has 1 fully saturated rings. The fourth-order valence-corrected chi connectivity index (χ4v) is 2.43. The highest BCUT2D eigenvalue weighted by atomic mass is 16.5. The van der Waals surface area contributed by atoms with Gasteiger partial charge in [-0.05, 0) is 38.4 Å². The fraction of sp³-hybridized carbons (Fsp3) is 0.846. The quantitative estimate of drug-likeness (QED) is 0.830. The molecule has 18 heavy (non-hydrogen) atoms. The van der Waals surface area contributed by atoms with E-state index in [1.807, 2.05) is 6.92 Å². The molecule has 2 heterocycles. The first-order valence-corrected chi connectivity index (χ1v) is 7.06. The molecule has 0 atom stereocenters. The number of nitrogens with one attached hydrogen (secondary N) is 1. The summed E-state index contributed by atoms with van der Waals surface area (Å²) in [5, 5.41) is 7.44. The first-order chi connectivity index (χ1) is 8.81.